The molecule has 19 heteroatoms. The average molecular weight is 786 g/mol. The number of amides is 2. The van der Waals surface area contributed by atoms with Gasteiger partial charge >= 0.3 is 0 Å². The minimum absolute atomic E-state index is 0.0259. The summed E-state index contributed by atoms with van der Waals surface area (Å²) in [7, 11) is 0. The zero-order valence-corrected chi connectivity index (χ0v) is 32.0. The molecule has 0 spiro atoms. The van der Waals surface area contributed by atoms with Gasteiger partial charge in [-0.15, -0.1) is 0 Å². The van der Waals surface area contributed by atoms with Crippen molar-refractivity contribution in [1.29, 1.82) is 0 Å². The second-order valence-corrected chi connectivity index (χ2v) is 12.6. The lowest BCUT2D eigenvalue weighted by Crippen LogP contribution is -2.37. The van der Waals surface area contributed by atoms with E-state index in [4.69, 9.17) is 36.1 Å². The van der Waals surface area contributed by atoms with Gasteiger partial charge in [-0.25, -0.2) is 0 Å². The SMILES string of the molecule is CC/C=C/CNc1c(OCCCN2CCOCC2)cc(C(N)=O)cc1[N+](=O)[O-].NC/C=C/CNc1c(OCCCN2CCOCC2)cc(C(N)=O)cc1[N+](=O)[O-]. The molecule has 2 amide bonds. The fourth-order valence-electron chi connectivity index (χ4n) is 5.70. The second kappa shape index (κ2) is 24.9. The molecule has 0 bridgehead atoms. The summed E-state index contributed by atoms with van der Waals surface area (Å²) in [6.45, 7) is 12.0. The molecule has 0 saturated carbocycles. The van der Waals surface area contributed by atoms with Crippen LogP contribution in [0.2, 0.25) is 0 Å². The molecule has 2 aromatic rings. The van der Waals surface area contributed by atoms with Crippen LogP contribution in [0.3, 0.4) is 0 Å². The number of nitro benzene ring substituents is 2. The van der Waals surface area contributed by atoms with Crippen molar-refractivity contribution in [3.8, 4) is 11.5 Å². The van der Waals surface area contributed by atoms with Crippen LogP contribution in [0.5, 0.6) is 11.5 Å². The van der Waals surface area contributed by atoms with Gasteiger partial charge in [-0.3, -0.25) is 39.6 Å². The standard InChI is InChI=1S/C19H28N4O5.C18H27N5O5/c1-2-3-4-6-21-18-16(23(25)26)13-15(19(20)24)14-17(18)28-10-5-7-22-8-11-27-12-9-22;19-4-1-2-5-21-17-15(23(25)26)12-14(18(20)24)13-16(17)28-9-3-6-22-7-10-27-11-8-22/h3-4,13-14,21H,2,5-12H2,1H3,(H2,20,24);1-2,12-13,21H,3-11,19H2,(H2,20,24)/b4-3+;2-1+. The number of carbonyl (C=O) groups is 2. The summed E-state index contributed by atoms with van der Waals surface area (Å²) in [6, 6.07) is 5.21. The highest BCUT2D eigenvalue weighted by Gasteiger charge is 2.24. The molecule has 0 unspecified atom stereocenters. The molecule has 0 aromatic heterocycles. The first-order chi connectivity index (χ1) is 27.0. The molecule has 0 atom stereocenters. The third kappa shape index (κ3) is 15.4. The van der Waals surface area contributed by atoms with Gasteiger partial charge in [-0.1, -0.05) is 31.2 Å². The van der Waals surface area contributed by atoms with Crippen LogP contribution < -0.4 is 37.3 Å². The maximum Gasteiger partial charge on any atom is 0.296 e. The number of allylic oxidation sites excluding steroid dienone is 1. The zero-order chi connectivity index (χ0) is 40.7. The Hall–Kier alpha value is -5.34. The molecule has 2 saturated heterocycles. The predicted octanol–water partition coefficient (Wildman–Crippen LogP) is 2.89. The molecular formula is C37H55N9O10. The molecule has 2 fully saturated rings. The van der Waals surface area contributed by atoms with E-state index in [9.17, 15) is 29.8 Å². The summed E-state index contributed by atoms with van der Waals surface area (Å²) < 4.78 is 22.2. The lowest BCUT2D eigenvalue weighted by Gasteiger charge is -2.26. The number of nitro groups is 2. The molecule has 2 aliphatic heterocycles. The first kappa shape index (κ1) is 45.1. The summed E-state index contributed by atoms with van der Waals surface area (Å²) in [5, 5.41) is 29.0. The van der Waals surface area contributed by atoms with Gasteiger partial charge in [0, 0.05) is 82.2 Å². The summed E-state index contributed by atoms with van der Waals surface area (Å²) in [5.41, 5.74) is 16.1. The number of benzene rings is 2. The molecule has 56 heavy (non-hydrogen) atoms. The fourth-order valence-corrected chi connectivity index (χ4v) is 5.70. The molecule has 8 N–H and O–H groups in total. The monoisotopic (exact) mass is 785 g/mol. The third-order valence-electron chi connectivity index (χ3n) is 8.58. The van der Waals surface area contributed by atoms with Crippen LogP contribution in [0.25, 0.3) is 0 Å². The smallest absolute Gasteiger partial charge is 0.296 e. The van der Waals surface area contributed by atoms with E-state index >= 15 is 0 Å². The number of primary amides is 2. The van der Waals surface area contributed by atoms with E-state index in [1.807, 2.05) is 19.1 Å². The van der Waals surface area contributed by atoms with Gasteiger partial charge < -0.3 is 46.8 Å². The number of carbonyl (C=O) groups excluding carboxylic acids is 2. The molecule has 19 nitrogen and oxygen atoms in total. The maximum absolute atomic E-state index is 11.6. The fraction of sp³-hybridized carbons (Fsp3) is 0.514. The minimum atomic E-state index is -0.754. The van der Waals surface area contributed by atoms with Crippen molar-refractivity contribution in [2.75, 3.05) is 109 Å². The average Bonchev–Trinajstić information content (AvgIpc) is 3.19. The number of hydrogen-bond donors (Lipinski definition) is 5. The summed E-state index contributed by atoms with van der Waals surface area (Å²) in [4.78, 5) is 49.5. The normalized spacial score (nSPS) is 14.9. The number of anilines is 2. The molecule has 4 rings (SSSR count). The molecule has 0 aliphatic carbocycles. The predicted molar refractivity (Wildman–Crippen MR) is 213 cm³/mol. The molecule has 2 aromatic carbocycles. The van der Waals surface area contributed by atoms with Gasteiger partial charge in [-0.05, 0) is 31.4 Å². The summed E-state index contributed by atoms with van der Waals surface area (Å²) in [6.07, 6.45) is 9.70. The Balaban J connectivity index is 0.000000300. The summed E-state index contributed by atoms with van der Waals surface area (Å²) >= 11 is 0. The van der Waals surface area contributed by atoms with E-state index in [0.717, 1.165) is 91.0 Å². The molecule has 2 aliphatic rings. The second-order valence-electron chi connectivity index (χ2n) is 12.6. The van der Waals surface area contributed by atoms with Crippen molar-refractivity contribution in [3.05, 3.63) is 79.9 Å². The Morgan fingerprint density at radius 3 is 1.50 bits per heavy atom. The van der Waals surface area contributed by atoms with E-state index < -0.39 is 21.7 Å². The van der Waals surface area contributed by atoms with E-state index in [1.54, 1.807) is 12.2 Å². The van der Waals surface area contributed by atoms with E-state index in [1.165, 1.54) is 18.2 Å². The lowest BCUT2D eigenvalue weighted by molar-refractivity contribution is -0.384. The van der Waals surface area contributed by atoms with Crippen LogP contribution in [0.1, 0.15) is 46.9 Å². The van der Waals surface area contributed by atoms with E-state index in [2.05, 4.69) is 20.4 Å². The number of ether oxygens (including phenoxy) is 4. The third-order valence-corrected chi connectivity index (χ3v) is 8.58. The Kier molecular flexibility index (Phi) is 20.1. The number of morpholine rings is 2. The van der Waals surface area contributed by atoms with Gasteiger partial charge in [-0.2, -0.15) is 0 Å². The topological polar surface area (TPSA) is 266 Å². The number of nitrogens with two attached hydrogens (primary N) is 3. The maximum atomic E-state index is 11.6. The van der Waals surface area contributed by atoms with Crippen LogP contribution in [-0.4, -0.2) is 130 Å². The van der Waals surface area contributed by atoms with Gasteiger partial charge in [0.15, 0.2) is 11.4 Å². The Labute approximate surface area is 326 Å². The van der Waals surface area contributed by atoms with Crippen molar-refractivity contribution in [3.63, 3.8) is 0 Å². The quantitative estimate of drug-likeness (QED) is 0.0497. The lowest BCUT2D eigenvalue weighted by atomic mass is 10.1. The van der Waals surface area contributed by atoms with E-state index in [-0.39, 0.29) is 45.4 Å². The first-order valence-electron chi connectivity index (χ1n) is 18.6. The molecule has 0 radical (unpaired) electrons. The van der Waals surface area contributed by atoms with Gasteiger partial charge in [0.05, 0.1) is 49.5 Å². The molecule has 308 valence electrons. The number of nitrogens with zero attached hydrogens (tertiary/aromatic N) is 4. The van der Waals surface area contributed by atoms with Crippen LogP contribution in [0, 0.1) is 20.2 Å². The largest absolute Gasteiger partial charge is 0.491 e. The highest BCUT2D eigenvalue weighted by Crippen LogP contribution is 2.37. The summed E-state index contributed by atoms with van der Waals surface area (Å²) in [5.74, 6) is -1.00. The molecule has 2 heterocycles. The van der Waals surface area contributed by atoms with Crippen molar-refractivity contribution in [1.82, 2.24) is 9.80 Å². The number of rotatable bonds is 22. The van der Waals surface area contributed by atoms with Crippen LogP contribution >= 0.6 is 0 Å². The Bertz CT molecular complexity index is 1530. The minimum Gasteiger partial charge on any atom is -0.491 e. The highest BCUT2D eigenvalue weighted by atomic mass is 16.6. The number of nitrogens with one attached hydrogen (secondary N) is 2. The highest BCUT2D eigenvalue weighted by molar-refractivity contribution is 5.96. The first-order valence-corrected chi connectivity index (χ1v) is 18.6. The van der Waals surface area contributed by atoms with Crippen molar-refractivity contribution in [2.45, 2.75) is 26.2 Å². The molecular weight excluding hydrogens is 730 g/mol. The Morgan fingerprint density at radius 2 is 1.14 bits per heavy atom. The van der Waals surface area contributed by atoms with Gasteiger partial charge in [0.2, 0.25) is 11.8 Å². The van der Waals surface area contributed by atoms with Gasteiger partial charge in [0.1, 0.15) is 11.5 Å². The van der Waals surface area contributed by atoms with Crippen molar-refractivity contribution in [2.24, 2.45) is 17.2 Å². The number of hydrogen-bond acceptors (Lipinski definition) is 15. The van der Waals surface area contributed by atoms with Crippen LogP contribution in [-0.2, 0) is 9.47 Å². The zero-order valence-electron chi connectivity index (χ0n) is 32.0. The van der Waals surface area contributed by atoms with Crippen LogP contribution in [0.15, 0.2) is 48.6 Å². The van der Waals surface area contributed by atoms with Crippen LogP contribution in [0.4, 0.5) is 22.7 Å². The van der Waals surface area contributed by atoms with Crippen molar-refractivity contribution >= 4 is 34.6 Å². The van der Waals surface area contributed by atoms with Gasteiger partial charge in [0.25, 0.3) is 11.4 Å². The Morgan fingerprint density at radius 1 is 0.732 bits per heavy atom. The van der Waals surface area contributed by atoms with E-state index in [0.29, 0.717) is 32.8 Å². The van der Waals surface area contributed by atoms with Crippen molar-refractivity contribution < 1.29 is 38.4 Å².